The number of piperazine rings is 1. The van der Waals surface area contributed by atoms with Crippen molar-refractivity contribution in [3.05, 3.63) is 29.3 Å². The molecule has 1 unspecified atom stereocenters. The molecule has 1 aliphatic heterocycles. The minimum Gasteiger partial charge on any atom is -0.367 e. The second-order valence-electron chi connectivity index (χ2n) is 8.69. The number of alkyl halides is 3. The molecular weight excluding hydrogens is 423 g/mol. The van der Waals surface area contributed by atoms with Crippen LogP contribution in [0, 0.1) is 17.2 Å². The van der Waals surface area contributed by atoms with Crippen molar-refractivity contribution < 1.29 is 22.8 Å². The number of hydrogen-bond acceptors (Lipinski definition) is 4. The van der Waals surface area contributed by atoms with Gasteiger partial charge in [-0.25, -0.2) is 4.79 Å². The third kappa shape index (κ3) is 5.84. The number of nitrogens with zero attached hydrogens (tertiary/aromatic N) is 3. The van der Waals surface area contributed by atoms with Crippen molar-refractivity contribution in [2.45, 2.75) is 51.4 Å². The number of carbonyl (C=O) groups is 2. The van der Waals surface area contributed by atoms with Crippen LogP contribution in [0.4, 0.5) is 23.7 Å². The Balaban J connectivity index is 1.79. The predicted octanol–water partition coefficient (Wildman–Crippen LogP) is 3.10. The maximum atomic E-state index is 13.4. The molecule has 1 saturated heterocycles. The first-order chi connectivity index (χ1) is 15.1. The molecule has 32 heavy (non-hydrogen) atoms. The van der Waals surface area contributed by atoms with E-state index in [4.69, 9.17) is 5.26 Å². The number of benzene rings is 1. The summed E-state index contributed by atoms with van der Waals surface area (Å²) in [4.78, 5) is 28.7. The van der Waals surface area contributed by atoms with E-state index in [2.05, 4.69) is 10.6 Å². The van der Waals surface area contributed by atoms with Gasteiger partial charge in [0, 0.05) is 37.9 Å². The van der Waals surface area contributed by atoms with Crippen LogP contribution in [0.3, 0.4) is 0 Å². The highest BCUT2D eigenvalue weighted by atomic mass is 19.4. The van der Waals surface area contributed by atoms with E-state index in [1.54, 1.807) is 11.0 Å². The van der Waals surface area contributed by atoms with Crippen molar-refractivity contribution >= 4 is 17.6 Å². The zero-order valence-corrected chi connectivity index (χ0v) is 18.2. The van der Waals surface area contributed by atoms with Gasteiger partial charge in [0.1, 0.15) is 6.04 Å². The number of nitrogens with one attached hydrogen (secondary N) is 2. The van der Waals surface area contributed by atoms with Crippen LogP contribution in [0.1, 0.15) is 44.2 Å². The van der Waals surface area contributed by atoms with Gasteiger partial charge in [-0.2, -0.15) is 18.4 Å². The molecule has 0 spiro atoms. The van der Waals surface area contributed by atoms with Gasteiger partial charge in [0.05, 0.1) is 17.2 Å². The summed E-state index contributed by atoms with van der Waals surface area (Å²) in [5.41, 5.74) is -1.20. The van der Waals surface area contributed by atoms with E-state index in [-0.39, 0.29) is 43.3 Å². The monoisotopic (exact) mass is 451 g/mol. The number of carbonyl (C=O) groups excluding carboxylic acids is 2. The largest absolute Gasteiger partial charge is 0.417 e. The molecule has 2 aliphatic rings. The van der Waals surface area contributed by atoms with Crippen LogP contribution < -0.4 is 15.5 Å². The lowest BCUT2D eigenvalue weighted by atomic mass is 10.0. The van der Waals surface area contributed by atoms with Gasteiger partial charge in [-0.3, -0.25) is 4.79 Å². The van der Waals surface area contributed by atoms with Crippen LogP contribution in [0.2, 0.25) is 0 Å². The highest BCUT2D eigenvalue weighted by Gasteiger charge is 2.39. The molecule has 1 saturated carbocycles. The lowest BCUT2D eigenvalue weighted by Gasteiger charge is -2.41. The zero-order valence-electron chi connectivity index (χ0n) is 18.2. The number of halogens is 3. The standard InChI is InChI=1S/C22H28F3N5O2/c1-14(2)7-8-27-21(32)30-10-9-29(13-19(30)20(31)28-16-4-5-16)17-6-3-15(12-26)18(11-17)22(23,24)25/h3,6,11,14,16,19H,4-5,7-10,13H2,1-2H3,(H,27,32)(H,28,31). The Morgan fingerprint density at radius 1 is 1.25 bits per heavy atom. The number of nitriles is 1. The lowest BCUT2D eigenvalue weighted by molar-refractivity contribution is -0.137. The van der Waals surface area contributed by atoms with Crippen molar-refractivity contribution in [3.63, 3.8) is 0 Å². The third-order valence-electron chi connectivity index (χ3n) is 5.66. The quantitative estimate of drug-likeness (QED) is 0.696. The number of amides is 3. The smallest absolute Gasteiger partial charge is 0.367 e. The topological polar surface area (TPSA) is 88.5 Å². The fourth-order valence-corrected chi connectivity index (χ4v) is 3.64. The molecule has 10 heteroatoms. The second kappa shape index (κ2) is 9.67. The summed E-state index contributed by atoms with van der Waals surface area (Å²) < 4.78 is 40.2. The number of rotatable bonds is 6. The molecule has 174 valence electrons. The predicted molar refractivity (Wildman–Crippen MR) is 113 cm³/mol. The van der Waals surface area contributed by atoms with Crippen molar-refractivity contribution in [1.82, 2.24) is 15.5 Å². The van der Waals surface area contributed by atoms with Crippen molar-refractivity contribution in [2.75, 3.05) is 31.1 Å². The summed E-state index contributed by atoms with van der Waals surface area (Å²) in [5, 5.41) is 14.8. The van der Waals surface area contributed by atoms with Crippen molar-refractivity contribution in [2.24, 2.45) is 5.92 Å². The molecule has 3 amide bonds. The van der Waals surface area contributed by atoms with Gasteiger partial charge < -0.3 is 20.4 Å². The van der Waals surface area contributed by atoms with Crippen LogP contribution in [-0.2, 0) is 11.0 Å². The Kier molecular flexibility index (Phi) is 7.16. The first-order valence-corrected chi connectivity index (χ1v) is 10.8. The highest BCUT2D eigenvalue weighted by Crippen LogP contribution is 2.35. The average Bonchev–Trinajstić information content (AvgIpc) is 3.55. The van der Waals surface area contributed by atoms with Gasteiger partial charge in [-0.05, 0) is 43.4 Å². The number of anilines is 1. The maximum Gasteiger partial charge on any atom is 0.417 e. The highest BCUT2D eigenvalue weighted by molar-refractivity contribution is 5.88. The van der Waals surface area contributed by atoms with Gasteiger partial charge in [-0.1, -0.05) is 13.8 Å². The summed E-state index contributed by atoms with van der Waals surface area (Å²) in [6.45, 7) is 5.11. The fourth-order valence-electron chi connectivity index (χ4n) is 3.64. The van der Waals surface area contributed by atoms with E-state index in [1.807, 2.05) is 13.8 Å². The minimum absolute atomic E-state index is 0.0688. The van der Waals surface area contributed by atoms with E-state index < -0.39 is 23.3 Å². The van der Waals surface area contributed by atoms with E-state index in [0.717, 1.165) is 31.4 Å². The van der Waals surface area contributed by atoms with Crippen LogP contribution in [-0.4, -0.2) is 55.1 Å². The number of urea groups is 1. The van der Waals surface area contributed by atoms with Crippen LogP contribution >= 0.6 is 0 Å². The van der Waals surface area contributed by atoms with Crippen LogP contribution in [0.5, 0.6) is 0 Å². The van der Waals surface area contributed by atoms with Crippen molar-refractivity contribution in [3.8, 4) is 6.07 Å². The van der Waals surface area contributed by atoms with Gasteiger partial charge in [0.2, 0.25) is 5.91 Å². The second-order valence-corrected chi connectivity index (χ2v) is 8.69. The molecule has 7 nitrogen and oxygen atoms in total. The van der Waals surface area contributed by atoms with E-state index in [9.17, 15) is 22.8 Å². The summed E-state index contributed by atoms with van der Waals surface area (Å²) in [6.07, 6.45) is -2.10. The Morgan fingerprint density at radius 3 is 2.56 bits per heavy atom. The molecule has 0 aromatic heterocycles. The van der Waals surface area contributed by atoms with Crippen molar-refractivity contribution in [1.29, 1.82) is 5.26 Å². The Bertz CT molecular complexity index is 893. The lowest BCUT2D eigenvalue weighted by Crippen LogP contribution is -2.62. The van der Waals surface area contributed by atoms with Gasteiger partial charge in [-0.15, -0.1) is 0 Å². The van der Waals surface area contributed by atoms with Gasteiger partial charge in [0.15, 0.2) is 0 Å². The average molecular weight is 451 g/mol. The molecule has 3 rings (SSSR count). The minimum atomic E-state index is -4.66. The summed E-state index contributed by atoms with van der Waals surface area (Å²) >= 11 is 0. The molecular formula is C22H28F3N5O2. The van der Waals surface area contributed by atoms with Crippen LogP contribution in [0.15, 0.2) is 18.2 Å². The molecule has 2 fully saturated rings. The van der Waals surface area contributed by atoms with E-state index >= 15 is 0 Å². The normalized spacial score (nSPS) is 19.0. The summed E-state index contributed by atoms with van der Waals surface area (Å²) in [5.74, 6) is 0.112. The maximum absolute atomic E-state index is 13.4. The SMILES string of the molecule is CC(C)CCNC(=O)N1CCN(c2ccc(C#N)c(C(F)(F)F)c2)CC1C(=O)NC1CC1. The van der Waals surface area contributed by atoms with E-state index in [0.29, 0.717) is 12.5 Å². The third-order valence-corrected chi connectivity index (χ3v) is 5.66. The molecule has 2 N–H and O–H groups in total. The fraction of sp³-hybridized carbons (Fsp3) is 0.591. The Labute approximate surface area is 185 Å². The molecule has 1 heterocycles. The first kappa shape index (κ1) is 23.7. The van der Waals surface area contributed by atoms with E-state index in [1.165, 1.54) is 11.0 Å². The summed E-state index contributed by atoms with van der Waals surface area (Å²) in [6, 6.07) is 4.02. The Hall–Kier alpha value is -2.96. The molecule has 1 aromatic carbocycles. The molecule has 0 bridgehead atoms. The van der Waals surface area contributed by atoms with Crippen LogP contribution in [0.25, 0.3) is 0 Å². The molecule has 1 aliphatic carbocycles. The molecule has 1 aromatic rings. The Morgan fingerprint density at radius 2 is 1.97 bits per heavy atom. The summed E-state index contributed by atoms with van der Waals surface area (Å²) in [7, 11) is 0. The van der Waals surface area contributed by atoms with Gasteiger partial charge >= 0.3 is 12.2 Å². The first-order valence-electron chi connectivity index (χ1n) is 10.8. The molecule has 0 radical (unpaired) electrons. The number of hydrogen-bond donors (Lipinski definition) is 2. The van der Waals surface area contributed by atoms with Gasteiger partial charge in [0.25, 0.3) is 0 Å². The molecule has 1 atom stereocenters. The zero-order chi connectivity index (χ0) is 23.5.